The second-order valence-electron chi connectivity index (χ2n) is 11.8. The Kier molecular flexibility index (Phi) is 5.97. The molecule has 2 aromatic carbocycles. The van der Waals surface area contributed by atoms with Crippen molar-refractivity contribution in [2.45, 2.75) is 88.8 Å². The summed E-state index contributed by atoms with van der Waals surface area (Å²) in [5.74, 6) is 2.10. The monoisotopic (exact) mass is 500 g/mol. The average Bonchev–Trinajstić information content (AvgIpc) is 3.46. The van der Waals surface area contributed by atoms with Crippen LogP contribution in [0.1, 0.15) is 96.9 Å². The van der Waals surface area contributed by atoms with Crippen LogP contribution in [0.2, 0.25) is 0 Å². The van der Waals surface area contributed by atoms with Gasteiger partial charge in [0.05, 0.1) is 12.1 Å². The lowest BCUT2D eigenvalue weighted by Crippen LogP contribution is -2.43. The molecule has 2 aromatic rings. The summed E-state index contributed by atoms with van der Waals surface area (Å²) >= 11 is 0. The van der Waals surface area contributed by atoms with Crippen molar-refractivity contribution in [1.82, 2.24) is 10.6 Å². The number of amides is 2. The summed E-state index contributed by atoms with van der Waals surface area (Å²) in [4.78, 5) is 29.4. The van der Waals surface area contributed by atoms with Crippen LogP contribution in [0.25, 0.3) is 0 Å². The van der Waals surface area contributed by atoms with Crippen molar-refractivity contribution >= 4 is 17.8 Å². The molecular formula is C30H36N4O3. The topological polar surface area (TPSA) is 106 Å². The van der Waals surface area contributed by atoms with E-state index in [1.807, 2.05) is 6.07 Å². The summed E-state index contributed by atoms with van der Waals surface area (Å²) in [6.45, 7) is 4.16. The summed E-state index contributed by atoms with van der Waals surface area (Å²) in [6.07, 6.45) is 7.51. The van der Waals surface area contributed by atoms with Gasteiger partial charge in [0.1, 0.15) is 11.4 Å². The van der Waals surface area contributed by atoms with E-state index < -0.39 is 0 Å². The van der Waals surface area contributed by atoms with Gasteiger partial charge in [0, 0.05) is 24.0 Å². The number of aliphatic imine (C=N–C) groups is 1. The van der Waals surface area contributed by atoms with E-state index in [9.17, 15) is 9.59 Å². The van der Waals surface area contributed by atoms with E-state index in [4.69, 9.17) is 10.5 Å². The van der Waals surface area contributed by atoms with E-state index in [1.54, 1.807) is 0 Å². The van der Waals surface area contributed by atoms with Gasteiger partial charge in [-0.3, -0.25) is 14.9 Å². The molecule has 0 radical (unpaired) electrons. The zero-order chi connectivity index (χ0) is 25.7. The number of rotatable bonds is 6. The molecule has 0 bridgehead atoms. The zero-order valence-corrected chi connectivity index (χ0v) is 21.7. The molecule has 4 unspecified atom stereocenters. The summed E-state index contributed by atoms with van der Waals surface area (Å²) in [6, 6.07) is 12.5. The normalized spacial score (nSPS) is 27.3. The van der Waals surface area contributed by atoms with Gasteiger partial charge in [-0.2, -0.15) is 0 Å². The number of ether oxygens (including phenoxy) is 1. The molecule has 194 valence electrons. The fourth-order valence-corrected chi connectivity index (χ4v) is 6.42. The highest BCUT2D eigenvalue weighted by molar-refractivity contribution is 5.98. The Bertz CT molecular complexity index is 1280. The predicted octanol–water partition coefficient (Wildman–Crippen LogP) is 4.29. The standard InChI is InChI=1S/C30H36N4O3/c1-30(2)16-25(33-28(36)21-7-6-17-4-3-5-18(17)12-21)24-14-20(9-11-26(24)37-30)23-13-19(23)8-10-22-15-27(35)34-29(31)32-22/h6-7,9,11-12,14,19,22-23,25H,3-5,8,10,13,15-16H2,1-2H3,(H,33,36)(H3,31,32,34,35). The molecule has 0 saturated heterocycles. The maximum atomic E-state index is 13.3. The number of hydrogen-bond donors (Lipinski definition) is 3. The fourth-order valence-electron chi connectivity index (χ4n) is 6.42. The smallest absolute Gasteiger partial charge is 0.251 e. The number of hydrogen-bond acceptors (Lipinski definition) is 5. The Balaban J connectivity index is 1.16. The van der Waals surface area contributed by atoms with Crippen molar-refractivity contribution in [3.63, 3.8) is 0 Å². The highest BCUT2D eigenvalue weighted by Gasteiger charge is 2.41. The molecule has 37 heavy (non-hydrogen) atoms. The number of nitrogens with two attached hydrogens (primary N) is 1. The van der Waals surface area contributed by atoms with Gasteiger partial charge in [0.2, 0.25) is 5.91 Å². The molecule has 2 heterocycles. The molecule has 4 aliphatic rings. The number of carbonyl (C=O) groups is 2. The largest absolute Gasteiger partial charge is 0.487 e. The third-order valence-corrected chi connectivity index (χ3v) is 8.39. The number of carbonyl (C=O) groups excluding carboxylic acids is 2. The minimum Gasteiger partial charge on any atom is -0.487 e. The van der Waals surface area contributed by atoms with Gasteiger partial charge >= 0.3 is 0 Å². The molecule has 1 saturated carbocycles. The van der Waals surface area contributed by atoms with Crippen LogP contribution in [0.5, 0.6) is 5.75 Å². The quantitative estimate of drug-likeness (QED) is 0.550. The van der Waals surface area contributed by atoms with Gasteiger partial charge in [-0.05, 0) is 105 Å². The van der Waals surface area contributed by atoms with Gasteiger partial charge < -0.3 is 15.8 Å². The highest BCUT2D eigenvalue weighted by atomic mass is 16.5. The number of nitrogens with zero attached hydrogens (tertiary/aromatic N) is 1. The minimum absolute atomic E-state index is 0.0191. The third-order valence-electron chi connectivity index (χ3n) is 8.39. The molecule has 1 fully saturated rings. The lowest BCUT2D eigenvalue weighted by molar-refractivity contribution is -0.120. The zero-order valence-electron chi connectivity index (χ0n) is 21.7. The summed E-state index contributed by atoms with van der Waals surface area (Å²) in [5.41, 5.74) is 11.2. The maximum Gasteiger partial charge on any atom is 0.251 e. The molecule has 7 nitrogen and oxygen atoms in total. The van der Waals surface area contributed by atoms with Gasteiger partial charge in [0.25, 0.3) is 5.91 Å². The van der Waals surface area contributed by atoms with E-state index in [1.165, 1.54) is 23.1 Å². The SMILES string of the molecule is CC1(C)CC(NC(=O)c2ccc3c(c2)CCC3)c2cc(C3CC3CCC3CC(=O)NC(N)=N3)ccc2O1. The minimum atomic E-state index is -0.360. The predicted molar refractivity (Wildman–Crippen MR) is 143 cm³/mol. The number of nitrogens with one attached hydrogen (secondary N) is 2. The van der Waals surface area contributed by atoms with E-state index in [0.717, 1.165) is 55.4 Å². The first-order valence-electron chi connectivity index (χ1n) is 13.6. The average molecular weight is 501 g/mol. The van der Waals surface area contributed by atoms with Crippen LogP contribution >= 0.6 is 0 Å². The molecular weight excluding hydrogens is 464 g/mol. The van der Waals surface area contributed by atoms with Crippen molar-refractivity contribution in [2.75, 3.05) is 0 Å². The fraction of sp³-hybridized carbons (Fsp3) is 0.500. The third kappa shape index (κ3) is 5.09. The van der Waals surface area contributed by atoms with Crippen LogP contribution in [-0.2, 0) is 17.6 Å². The summed E-state index contributed by atoms with van der Waals surface area (Å²) in [7, 11) is 0. The molecule has 4 atom stereocenters. The van der Waals surface area contributed by atoms with Crippen LogP contribution in [0, 0.1) is 5.92 Å². The van der Waals surface area contributed by atoms with Crippen molar-refractivity contribution in [1.29, 1.82) is 0 Å². The van der Waals surface area contributed by atoms with E-state index in [2.05, 4.69) is 59.8 Å². The Morgan fingerprint density at radius 1 is 1.16 bits per heavy atom. The molecule has 7 heteroatoms. The molecule has 6 rings (SSSR count). The second kappa shape index (κ2) is 9.19. The Labute approximate surface area is 218 Å². The van der Waals surface area contributed by atoms with E-state index in [-0.39, 0.29) is 35.5 Å². The van der Waals surface area contributed by atoms with Crippen LogP contribution in [0.3, 0.4) is 0 Å². The van der Waals surface area contributed by atoms with Crippen molar-refractivity contribution in [2.24, 2.45) is 16.6 Å². The van der Waals surface area contributed by atoms with E-state index >= 15 is 0 Å². The summed E-state index contributed by atoms with van der Waals surface area (Å²) in [5, 5.41) is 5.90. The molecule has 2 aliphatic carbocycles. The van der Waals surface area contributed by atoms with E-state index in [0.29, 0.717) is 18.3 Å². The maximum absolute atomic E-state index is 13.3. The first-order chi connectivity index (χ1) is 17.7. The molecule has 2 aliphatic heterocycles. The van der Waals surface area contributed by atoms with Crippen molar-refractivity contribution in [3.05, 3.63) is 64.2 Å². The van der Waals surface area contributed by atoms with Gasteiger partial charge in [-0.1, -0.05) is 12.1 Å². The van der Waals surface area contributed by atoms with Crippen LogP contribution in [-0.4, -0.2) is 29.4 Å². The lowest BCUT2D eigenvalue weighted by Gasteiger charge is -2.38. The Morgan fingerprint density at radius 2 is 2.00 bits per heavy atom. The summed E-state index contributed by atoms with van der Waals surface area (Å²) < 4.78 is 6.31. The number of guanidine groups is 1. The van der Waals surface area contributed by atoms with Crippen LogP contribution < -0.4 is 21.1 Å². The Hall–Kier alpha value is -3.35. The highest BCUT2D eigenvalue weighted by Crippen LogP contribution is 2.52. The van der Waals surface area contributed by atoms with Crippen molar-refractivity contribution < 1.29 is 14.3 Å². The molecule has 0 aromatic heterocycles. The Morgan fingerprint density at radius 3 is 2.84 bits per heavy atom. The van der Waals surface area contributed by atoms with Crippen LogP contribution in [0.15, 0.2) is 41.4 Å². The first-order valence-corrected chi connectivity index (χ1v) is 13.6. The molecule has 2 amide bonds. The number of fused-ring (bicyclic) bond motifs is 2. The van der Waals surface area contributed by atoms with Crippen LogP contribution in [0.4, 0.5) is 0 Å². The lowest BCUT2D eigenvalue weighted by atomic mass is 9.88. The molecule has 0 spiro atoms. The van der Waals surface area contributed by atoms with Crippen molar-refractivity contribution in [3.8, 4) is 5.75 Å². The van der Waals surface area contributed by atoms with Gasteiger partial charge in [-0.25, -0.2) is 4.99 Å². The molecule has 4 N–H and O–H groups in total. The second-order valence-corrected chi connectivity index (χ2v) is 11.8. The van der Waals surface area contributed by atoms with Gasteiger partial charge in [-0.15, -0.1) is 0 Å². The number of benzene rings is 2. The van der Waals surface area contributed by atoms with Gasteiger partial charge in [0.15, 0.2) is 5.96 Å². The first kappa shape index (κ1) is 24.0. The number of aryl methyl sites for hydroxylation is 2.